The third-order valence-corrected chi connectivity index (χ3v) is 5.18. The molecule has 0 spiro atoms. The first-order chi connectivity index (χ1) is 15.4. The summed E-state index contributed by atoms with van der Waals surface area (Å²) in [6.45, 7) is 3.83. The van der Waals surface area contributed by atoms with E-state index in [0.29, 0.717) is 44.1 Å². The number of rotatable bonds is 9. The fourth-order valence-corrected chi connectivity index (χ4v) is 3.67. The number of halogens is 3. The van der Waals surface area contributed by atoms with Crippen molar-refractivity contribution in [3.63, 3.8) is 0 Å². The first-order valence-electron chi connectivity index (χ1n) is 10.9. The molecule has 2 aromatic rings. The van der Waals surface area contributed by atoms with Crippen LogP contribution in [0.2, 0.25) is 0 Å². The number of guanidine groups is 1. The molecule has 2 N–H and O–H groups in total. The molecule has 1 aliphatic heterocycles. The average molecular weight is 572 g/mol. The highest BCUT2D eigenvalue weighted by atomic mass is 127. The van der Waals surface area contributed by atoms with Gasteiger partial charge in [0.2, 0.25) is 5.91 Å². The topological polar surface area (TPSA) is 66.0 Å². The SMILES string of the molecule is CCNC(=NCc1cccc(CN2CCCC2=O)c1)NCc1cc(C)ccc1OC(F)F.I. The summed E-state index contributed by atoms with van der Waals surface area (Å²) in [6, 6.07) is 13.2. The molecule has 0 aromatic heterocycles. The first-order valence-corrected chi connectivity index (χ1v) is 10.9. The van der Waals surface area contributed by atoms with E-state index in [-0.39, 0.29) is 35.6 Å². The van der Waals surface area contributed by atoms with Gasteiger partial charge < -0.3 is 20.3 Å². The van der Waals surface area contributed by atoms with Gasteiger partial charge in [-0.3, -0.25) is 4.79 Å². The molecule has 9 heteroatoms. The van der Waals surface area contributed by atoms with E-state index in [9.17, 15) is 13.6 Å². The van der Waals surface area contributed by atoms with Crippen LogP contribution in [0.4, 0.5) is 8.78 Å². The summed E-state index contributed by atoms with van der Waals surface area (Å²) in [6.07, 6.45) is 1.55. The number of carbonyl (C=O) groups is 1. The Balaban J connectivity index is 0.00000385. The number of hydrogen-bond acceptors (Lipinski definition) is 3. The van der Waals surface area contributed by atoms with Crippen LogP contribution in [0, 0.1) is 6.92 Å². The van der Waals surface area contributed by atoms with Crippen LogP contribution >= 0.6 is 24.0 Å². The zero-order valence-corrected chi connectivity index (χ0v) is 21.3. The van der Waals surface area contributed by atoms with Gasteiger partial charge in [-0.1, -0.05) is 42.0 Å². The highest BCUT2D eigenvalue weighted by Gasteiger charge is 2.19. The van der Waals surface area contributed by atoms with Crippen molar-refractivity contribution in [1.82, 2.24) is 15.5 Å². The Bertz CT molecular complexity index is 956. The van der Waals surface area contributed by atoms with Crippen LogP contribution in [0.1, 0.15) is 42.0 Å². The highest BCUT2D eigenvalue weighted by molar-refractivity contribution is 14.0. The van der Waals surface area contributed by atoms with Crippen molar-refractivity contribution < 1.29 is 18.3 Å². The number of ether oxygens (including phenoxy) is 1. The summed E-state index contributed by atoms with van der Waals surface area (Å²) in [5.41, 5.74) is 3.70. The molecule has 180 valence electrons. The van der Waals surface area contributed by atoms with Crippen LogP contribution in [0.3, 0.4) is 0 Å². The molecule has 6 nitrogen and oxygen atoms in total. The minimum atomic E-state index is -2.87. The zero-order valence-electron chi connectivity index (χ0n) is 18.9. The zero-order chi connectivity index (χ0) is 22.9. The van der Waals surface area contributed by atoms with E-state index in [4.69, 9.17) is 0 Å². The molecule has 0 atom stereocenters. The van der Waals surface area contributed by atoms with Crippen molar-refractivity contribution in [1.29, 1.82) is 0 Å². The molecule has 33 heavy (non-hydrogen) atoms. The summed E-state index contributed by atoms with van der Waals surface area (Å²) >= 11 is 0. The number of carbonyl (C=O) groups excluding carboxylic acids is 1. The van der Waals surface area contributed by atoms with Gasteiger partial charge in [0.05, 0.1) is 6.54 Å². The third-order valence-electron chi connectivity index (χ3n) is 5.18. The number of aryl methyl sites for hydroxylation is 1. The number of likely N-dealkylation sites (tertiary alicyclic amines) is 1. The number of hydrogen-bond donors (Lipinski definition) is 2. The molecule has 2 aromatic carbocycles. The largest absolute Gasteiger partial charge is 0.434 e. The number of nitrogens with one attached hydrogen (secondary N) is 2. The van der Waals surface area contributed by atoms with Crippen molar-refractivity contribution >= 4 is 35.8 Å². The van der Waals surface area contributed by atoms with Gasteiger partial charge in [0, 0.05) is 38.2 Å². The summed E-state index contributed by atoms with van der Waals surface area (Å²) < 4.78 is 30.1. The fourth-order valence-electron chi connectivity index (χ4n) is 3.67. The normalized spacial score (nSPS) is 13.8. The van der Waals surface area contributed by atoms with Crippen LogP contribution in [-0.2, 0) is 24.4 Å². The van der Waals surface area contributed by atoms with Crippen LogP contribution < -0.4 is 15.4 Å². The summed E-state index contributed by atoms with van der Waals surface area (Å²) in [5.74, 6) is 0.939. The van der Waals surface area contributed by atoms with E-state index in [2.05, 4.69) is 26.4 Å². The molecule has 0 aliphatic carbocycles. The van der Waals surface area contributed by atoms with Crippen molar-refractivity contribution in [2.75, 3.05) is 13.1 Å². The van der Waals surface area contributed by atoms with Crippen LogP contribution in [0.15, 0.2) is 47.5 Å². The second-order valence-electron chi connectivity index (χ2n) is 7.78. The lowest BCUT2D eigenvalue weighted by molar-refractivity contribution is -0.128. The van der Waals surface area contributed by atoms with E-state index in [1.165, 1.54) is 0 Å². The number of benzene rings is 2. The van der Waals surface area contributed by atoms with Gasteiger partial charge in [-0.15, -0.1) is 24.0 Å². The van der Waals surface area contributed by atoms with Crippen LogP contribution in [-0.4, -0.2) is 36.5 Å². The Labute approximate surface area is 210 Å². The molecule has 1 saturated heterocycles. The lowest BCUT2D eigenvalue weighted by Gasteiger charge is -2.16. The van der Waals surface area contributed by atoms with Crippen LogP contribution in [0.5, 0.6) is 5.75 Å². The maximum absolute atomic E-state index is 12.7. The summed E-state index contributed by atoms with van der Waals surface area (Å²) in [7, 11) is 0. The Morgan fingerprint density at radius 1 is 1.18 bits per heavy atom. The van der Waals surface area contributed by atoms with E-state index in [0.717, 1.165) is 29.7 Å². The molecule has 0 radical (unpaired) electrons. The average Bonchev–Trinajstić information content (AvgIpc) is 3.16. The molecule has 1 amide bonds. The Kier molecular flexibility index (Phi) is 10.8. The monoisotopic (exact) mass is 572 g/mol. The quantitative estimate of drug-likeness (QED) is 0.262. The van der Waals surface area contributed by atoms with Crippen molar-refractivity contribution in [3.05, 3.63) is 64.7 Å². The molecule has 0 unspecified atom stereocenters. The van der Waals surface area contributed by atoms with Gasteiger partial charge in [-0.05, 0) is 37.5 Å². The number of alkyl halides is 2. The Morgan fingerprint density at radius 3 is 2.67 bits per heavy atom. The van der Waals surface area contributed by atoms with E-state index < -0.39 is 6.61 Å². The first kappa shape index (κ1) is 26.8. The number of aliphatic imine (C=N–C) groups is 1. The number of nitrogens with zero attached hydrogens (tertiary/aromatic N) is 2. The standard InChI is InChI=1S/C24H30F2N4O2.HI/c1-3-27-24(29-15-20-12-17(2)9-10-21(20)32-23(25)26)28-14-18-6-4-7-19(13-18)16-30-11-5-8-22(30)31;/h4,6-7,9-10,12-13,23H,3,5,8,11,14-16H2,1-2H3,(H2,27,28,29);1H. The van der Waals surface area contributed by atoms with E-state index >= 15 is 0 Å². The highest BCUT2D eigenvalue weighted by Crippen LogP contribution is 2.22. The number of amides is 1. The predicted octanol–water partition coefficient (Wildman–Crippen LogP) is 4.59. The van der Waals surface area contributed by atoms with Gasteiger partial charge in [-0.25, -0.2) is 4.99 Å². The Hall–Kier alpha value is -2.43. The van der Waals surface area contributed by atoms with Gasteiger partial charge >= 0.3 is 6.61 Å². The van der Waals surface area contributed by atoms with E-state index in [1.807, 2.05) is 43.0 Å². The smallest absolute Gasteiger partial charge is 0.387 e. The third kappa shape index (κ3) is 8.45. The van der Waals surface area contributed by atoms with Gasteiger partial charge in [-0.2, -0.15) is 8.78 Å². The van der Waals surface area contributed by atoms with Gasteiger partial charge in [0.25, 0.3) is 0 Å². The second-order valence-corrected chi connectivity index (χ2v) is 7.78. The van der Waals surface area contributed by atoms with Gasteiger partial charge in [0.15, 0.2) is 5.96 Å². The summed E-state index contributed by atoms with van der Waals surface area (Å²) in [5, 5.41) is 6.36. The fraction of sp³-hybridized carbons (Fsp3) is 0.417. The lowest BCUT2D eigenvalue weighted by Crippen LogP contribution is -2.37. The van der Waals surface area contributed by atoms with Crippen molar-refractivity contribution in [3.8, 4) is 5.75 Å². The molecular weight excluding hydrogens is 541 g/mol. The summed E-state index contributed by atoms with van der Waals surface area (Å²) in [4.78, 5) is 18.4. The molecule has 0 bridgehead atoms. The minimum absolute atomic E-state index is 0. The maximum Gasteiger partial charge on any atom is 0.387 e. The van der Waals surface area contributed by atoms with Crippen LogP contribution in [0.25, 0.3) is 0 Å². The maximum atomic E-state index is 12.7. The second kappa shape index (κ2) is 13.3. The predicted molar refractivity (Wildman–Crippen MR) is 136 cm³/mol. The van der Waals surface area contributed by atoms with Crippen molar-refractivity contribution in [2.24, 2.45) is 4.99 Å². The lowest BCUT2D eigenvalue weighted by atomic mass is 10.1. The van der Waals surface area contributed by atoms with E-state index in [1.54, 1.807) is 12.1 Å². The molecule has 0 saturated carbocycles. The minimum Gasteiger partial charge on any atom is -0.434 e. The molecule has 1 heterocycles. The van der Waals surface area contributed by atoms with Gasteiger partial charge in [0.1, 0.15) is 5.75 Å². The molecule has 1 fully saturated rings. The molecular formula is C24H31F2IN4O2. The molecule has 1 aliphatic rings. The molecule has 3 rings (SSSR count). The van der Waals surface area contributed by atoms with Crippen molar-refractivity contribution in [2.45, 2.75) is 52.9 Å². The Morgan fingerprint density at radius 2 is 1.97 bits per heavy atom.